The second-order valence-corrected chi connectivity index (χ2v) is 10.6. The molecule has 170 valence electrons. The second-order valence-electron chi connectivity index (χ2n) is 8.70. The van der Waals surface area contributed by atoms with Crippen LogP contribution in [0.4, 0.5) is 4.79 Å². The van der Waals surface area contributed by atoms with Gasteiger partial charge in [-0.1, -0.05) is 17.7 Å². The summed E-state index contributed by atoms with van der Waals surface area (Å²) < 4.78 is 39.7. The van der Waals surface area contributed by atoms with Crippen molar-refractivity contribution in [2.75, 3.05) is 33.9 Å². The number of nitrogens with zero attached hydrogens (tertiary/aromatic N) is 3. The zero-order valence-electron chi connectivity index (χ0n) is 18.0. The van der Waals surface area contributed by atoms with Gasteiger partial charge >= 0.3 is 6.09 Å². The van der Waals surface area contributed by atoms with Crippen LogP contribution in [0.25, 0.3) is 0 Å². The molecular weight excluding hydrogens is 422 g/mol. The third-order valence-electron chi connectivity index (χ3n) is 7.25. The van der Waals surface area contributed by atoms with Crippen LogP contribution < -0.4 is 0 Å². The zero-order valence-corrected chi connectivity index (χ0v) is 18.8. The lowest BCUT2D eigenvalue weighted by atomic mass is 9.60. The van der Waals surface area contributed by atoms with E-state index in [1.54, 1.807) is 36.3 Å². The third kappa shape index (κ3) is 3.23. The molecule has 4 bridgehead atoms. The SMILES string of the molecule is COC[C@]12[C@@H]3CCN(S(=O)(=O)c4ccc(C)cc4)[C@H]1C(/C=N/O)C[C@H]3CN2C(=O)OC. The molecule has 2 heterocycles. The van der Waals surface area contributed by atoms with E-state index in [9.17, 15) is 18.4 Å². The number of aryl methyl sites for hydroxylation is 1. The van der Waals surface area contributed by atoms with Crippen molar-refractivity contribution in [1.29, 1.82) is 0 Å². The highest BCUT2D eigenvalue weighted by atomic mass is 32.2. The summed E-state index contributed by atoms with van der Waals surface area (Å²) in [5.74, 6) is -0.140. The smallest absolute Gasteiger partial charge is 0.410 e. The standard InChI is InChI=1S/C21H29N3O6S/c1-14-4-6-17(7-5-14)31(27,28)24-9-8-18-16-10-15(11-22-26)19(24)21(18,13-29-2)23(12-16)20(25)30-3/h4-7,11,15-16,18-19,26H,8-10,12-13H2,1-3H3/b22-11+/t15?,16-,18+,19-,21-/m0/s1. The van der Waals surface area contributed by atoms with Crippen molar-refractivity contribution in [3.63, 3.8) is 0 Å². The van der Waals surface area contributed by atoms with Gasteiger partial charge in [-0.25, -0.2) is 13.2 Å². The van der Waals surface area contributed by atoms with Gasteiger partial charge in [0.15, 0.2) is 0 Å². The Morgan fingerprint density at radius 3 is 2.65 bits per heavy atom. The molecule has 10 heteroatoms. The van der Waals surface area contributed by atoms with Crippen molar-refractivity contribution >= 4 is 22.3 Å². The minimum absolute atomic E-state index is 0.0735. The first kappa shape index (κ1) is 22.0. The number of sulfonamides is 1. The van der Waals surface area contributed by atoms with Gasteiger partial charge in [0, 0.05) is 32.3 Å². The van der Waals surface area contributed by atoms with Crippen molar-refractivity contribution < 1.29 is 27.9 Å². The topological polar surface area (TPSA) is 109 Å². The Morgan fingerprint density at radius 1 is 1.32 bits per heavy atom. The third-order valence-corrected chi connectivity index (χ3v) is 9.15. The Kier molecular flexibility index (Phi) is 5.74. The highest BCUT2D eigenvalue weighted by Crippen LogP contribution is 2.57. The lowest BCUT2D eigenvalue weighted by Gasteiger charge is -2.57. The van der Waals surface area contributed by atoms with E-state index < -0.39 is 27.7 Å². The lowest BCUT2D eigenvalue weighted by Crippen LogP contribution is -2.73. The minimum Gasteiger partial charge on any atom is -0.453 e. The maximum atomic E-state index is 13.8. The first-order chi connectivity index (χ1) is 14.8. The van der Waals surface area contributed by atoms with Gasteiger partial charge in [-0.15, -0.1) is 5.16 Å². The van der Waals surface area contributed by atoms with Crippen LogP contribution in [0.15, 0.2) is 34.3 Å². The molecule has 0 aromatic heterocycles. The van der Waals surface area contributed by atoms with Gasteiger partial charge in [0.1, 0.15) is 0 Å². The number of hydrogen-bond donors (Lipinski definition) is 1. The summed E-state index contributed by atoms with van der Waals surface area (Å²) in [4.78, 5) is 14.6. The van der Waals surface area contributed by atoms with E-state index in [0.717, 1.165) is 5.56 Å². The van der Waals surface area contributed by atoms with Crippen LogP contribution in [-0.4, -0.2) is 80.6 Å². The molecule has 2 saturated heterocycles. The first-order valence-corrected chi connectivity index (χ1v) is 11.9. The molecule has 0 radical (unpaired) electrons. The van der Waals surface area contributed by atoms with Crippen LogP contribution in [0, 0.1) is 24.7 Å². The molecule has 1 aromatic carbocycles. The van der Waals surface area contributed by atoms with E-state index in [-0.39, 0.29) is 29.3 Å². The summed E-state index contributed by atoms with van der Waals surface area (Å²) >= 11 is 0. The van der Waals surface area contributed by atoms with Gasteiger partial charge in [0.25, 0.3) is 0 Å². The van der Waals surface area contributed by atoms with Gasteiger partial charge in [0.2, 0.25) is 10.0 Å². The molecule has 1 saturated carbocycles. The van der Waals surface area contributed by atoms with E-state index in [1.807, 2.05) is 6.92 Å². The molecule has 1 amide bonds. The predicted molar refractivity (Wildman–Crippen MR) is 113 cm³/mol. The average Bonchev–Trinajstić information content (AvgIpc) is 2.97. The quantitative estimate of drug-likeness (QED) is 0.416. The average molecular weight is 452 g/mol. The number of carbonyl (C=O) groups excluding carboxylic acids is 1. The summed E-state index contributed by atoms with van der Waals surface area (Å²) in [6, 6.07) is 6.11. The van der Waals surface area contributed by atoms with Crippen molar-refractivity contribution in [3.8, 4) is 0 Å². The predicted octanol–water partition coefficient (Wildman–Crippen LogP) is 1.94. The summed E-state index contributed by atoms with van der Waals surface area (Å²) in [6.07, 6.45) is 2.15. The molecule has 9 nitrogen and oxygen atoms in total. The molecule has 2 aliphatic heterocycles. The fourth-order valence-corrected chi connectivity index (χ4v) is 7.90. The van der Waals surface area contributed by atoms with Gasteiger partial charge in [-0.2, -0.15) is 4.31 Å². The lowest BCUT2D eigenvalue weighted by molar-refractivity contribution is -0.0772. The van der Waals surface area contributed by atoms with E-state index in [0.29, 0.717) is 25.9 Å². The number of hydrogen-bond acceptors (Lipinski definition) is 7. The van der Waals surface area contributed by atoms with Crippen LogP contribution in [0.3, 0.4) is 0 Å². The number of amides is 1. The summed E-state index contributed by atoms with van der Waals surface area (Å²) in [5.41, 5.74) is 0.0686. The number of methoxy groups -OCH3 is 2. The Balaban J connectivity index is 1.87. The summed E-state index contributed by atoms with van der Waals surface area (Å²) in [6.45, 7) is 2.87. The Hall–Kier alpha value is -2.17. The Bertz CT molecular complexity index is 966. The molecular formula is C21H29N3O6S. The van der Waals surface area contributed by atoms with Crippen molar-refractivity contribution in [1.82, 2.24) is 9.21 Å². The highest BCUT2D eigenvalue weighted by Gasteiger charge is 2.69. The molecule has 1 N–H and O–H groups in total. The van der Waals surface area contributed by atoms with Crippen LogP contribution >= 0.6 is 0 Å². The second kappa shape index (κ2) is 8.07. The molecule has 0 spiro atoms. The normalized spacial score (nSPS) is 33.1. The van der Waals surface area contributed by atoms with E-state index >= 15 is 0 Å². The molecule has 3 aliphatic rings. The van der Waals surface area contributed by atoms with Crippen LogP contribution in [0.2, 0.25) is 0 Å². The minimum atomic E-state index is -3.86. The monoisotopic (exact) mass is 451 g/mol. The number of carbonyl (C=O) groups is 1. The van der Waals surface area contributed by atoms with E-state index in [2.05, 4.69) is 5.16 Å². The molecule has 3 fully saturated rings. The maximum absolute atomic E-state index is 13.8. The number of benzene rings is 1. The number of likely N-dealkylation sites (tertiary alicyclic amines) is 1. The van der Waals surface area contributed by atoms with Gasteiger partial charge in [-0.3, -0.25) is 4.90 Å². The molecule has 1 unspecified atom stereocenters. The number of oxime groups is 1. The molecule has 31 heavy (non-hydrogen) atoms. The van der Waals surface area contributed by atoms with Gasteiger partial charge < -0.3 is 14.7 Å². The van der Waals surface area contributed by atoms with Crippen molar-refractivity contribution in [2.24, 2.45) is 22.9 Å². The van der Waals surface area contributed by atoms with Crippen LogP contribution in [0.5, 0.6) is 0 Å². The van der Waals surface area contributed by atoms with Crippen LogP contribution in [0.1, 0.15) is 18.4 Å². The molecule has 5 atom stereocenters. The van der Waals surface area contributed by atoms with E-state index in [1.165, 1.54) is 17.6 Å². The first-order valence-electron chi connectivity index (χ1n) is 10.4. The number of rotatable bonds is 5. The zero-order chi connectivity index (χ0) is 22.4. The molecule has 1 aromatic rings. The summed E-state index contributed by atoms with van der Waals surface area (Å²) in [5, 5.41) is 12.6. The largest absolute Gasteiger partial charge is 0.453 e. The number of piperidine rings is 1. The van der Waals surface area contributed by atoms with Crippen LogP contribution in [-0.2, 0) is 19.5 Å². The van der Waals surface area contributed by atoms with Gasteiger partial charge in [0.05, 0.1) is 30.2 Å². The fraction of sp³-hybridized carbons (Fsp3) is 0.619. The fourth-order valence-electron chi connectivity index (χ4n) is 6.16. The molecule has 1 aliphatic carbocycles. The highest BCUT2D eigenvalue weighted by molar-refractivity contribution is 7.89. The maximum Gasteiger partial charge on any atom is 0.410 e. The van der Waals surface area contributed by atoms with Crippen molar-refractivity contribution in [3.05, 3.63) is 29.8 Å². The van der Waals surface area contributed by atoms with Gasteiger partial charge in [-0.05, 0) is 43.7 Å². The number of ether oxygens (including phenoxy) is 2. The molecule has 4 rings (SSSR count). The Labute approximate surface area is 182 Å². The Morgan fingerprint density at radius 2 is 2.03 bits per heavy atom. The summed E-state index contributed by atoms with van der Waals surface area (Å²) in [7, 11) is -0.983. The van der Waals surface area contributed by atoms with E-state index in [4.69, 9.17) is 9.47 Å². The van der Waals surface area contributed by atoms with Crippen molar-refractivity contribution in [2.45, 2.75) is 36.2 Å².